The lowest BCUT2D eigenvalue weighted by atomic mass is 10.3. The molecule has 0 aliphatic carbocycles. The third-order valence-electron chi connectivity index (χ3n) is 1.60. The Kier molecular flexibility index (Phi) is 5.25. The molecule has 3 heteroatoms. The summed E-state index contributed by atoms with van der Waals surface area (Å²) in [6, 6.07) is 9.82. The van der Waals surface area contributed by atoms with E-state index in [0.29, 0.717) is 11.6 Å². The van der Waals surface area contributed by atoms with Crippen LogP contribution in [0.1, 0.15) is 13.3 Å². The van der Waals surface area contributed by atoms with E-state index in [1.807, 2.05) is 19.1 Å². The second kappa shape index (κ2) is 6.84. The molecule has 1 aromatic carbocycles. The number of benzene rings is 1. The first kappa shape index (κ1) is 11.5. The van der Waals surface area contributed by atoms with Gasteiger partial charge >= 0.3 is 0 Å². The number of nitrogens with zero attached hydrogens (tertiary/aromatic N) is 2. The minimum absolute atomic E-state index is 0.637. The van der Waals surface area contributed by atoms with E-state index in [-0.39, 0.29) is 0 Å². The van der Waals surface area contributed by atoms with Crippen LogP contribution in [0.2, 0.25) is 5.02 Å². The first-order chi connectivity index (χ1) is 7.33. The van der Waals surface area contributed by atoms with Crippen molar-refractivity contribution in [2.75, 3.05) is 6.54 Å². The van der Waals surface area contributed by atoms with Crippen molar-refractivity contribution in [2.24, 2.45) is 9.98 Å². The van der Waals surface area contributed by atoms with Crippen LogP contribution in [0.5, 0.6) is 0 Å². The van der Waals surface area contributed by atoms with Gasteiger partial charge in [-0.05, 0) is 31.2 Å². The molecule has 1 rings (SSSR count). The molecule has 0 fully saturated rings. The Labute approximate surface area is 94.7 Å². The van der Waals surface area contributed by atoms with Crippen LogP contribution >= 0.6 is 11.6 Å². The third-order valence-corrected chi connectivity index (χ3v) is 1.85. The van der Waals surface area contributed by atoms with Gasteiger partial charge in [0.05, 0.1) is 18.2 Å². The fourth-order valence-electron chi connectivity index (χ4n) is 0.896. The fourth-order valence-corrected chi connectivity index (χ4v) is 1.02. The molecular formula is C12H11ClN2. The second-order valence-electron chi connectivity index (χ2n) is 2.75. The summed E-state index contributed by atoms with van der Waals surface area (Å²) in [7, 11) is 0. The van der Waals surface area contributed by atoms with E-state index in [1.165, 1.54) is 0 Å². The molecule has 0 bridgehead atoms. The summed E-state index contributed by atoms with van der Waals surface area (Å²) in [5.41, 5.74) is 0.796. The maximum atomic E-state index is 5.73. The first-order valence-corrected chi connectivity index (χ1v) is 4.98. The van der Waals surface area contributed by atoms with Gasteiger partial charge in [0.2, 0.25) is 0 Å². The van der Waals surface area contributed by atoms with Crippen LogP contribution in [0.3, 0.4) is 0 Å². The minimum atomic E-state index is 0.637. The van der Waals surface area contributed by atoms with Gasteiger partial charge in [0.15, 0.2) is 0 Å². The Bertz CT molecular complexity index is 417. The van der Waals surface area contributed by atoms with E-state index in [1.54, 1.807) is 12.1 Å². The highest BCUT2D eigenvalue weighted by Crippen LogP contribution is 2.15. The predicted molar refractivity (Wildman–Crippen MR) is 63.9 cm³/mol. The lowest BCUT2D eigenvalue weighted by Gasteiger charge is -1.89. The van der Waals surface area contributed by atoms with E-state index in [4.69, 9.17) is 11.6 Å². The molecule has 0 saturated heterocycles. The Morgan fingerprint density at radius 1 is 1.27 bits per heavy atom. The highest BCUT2D eigenvalue weighted by atomic mass is 35.5. The smallest absolute Gasteiger partial charge is 0.0949 e. The van der Waals surface area contributed by atoms with Gasteiger partial charge < -0.3 is 0 Å². The van der Waals surface area contributed by atoms with Gasteiger partial charge in [-0.3, -0.25) is 0 Å². The summed E-state index contributed by atoms with van der Waals surface area (Å²) >= 11 is 5.73. The van der Waals surface area contributed by atoms with Crippen molar-refractivity contribution in [3.63, 3.8) is 0 Å². The Hall–Kier alpha value is -1.55. The zero-order valence-electron chi connectivity index (χ0n) is 8.50. The Balaban J connectivity index is 2.49. The summed E-state index contributed by atoms with van der Waals surface area (Å²) in [4.78, 5) is 8.00. The minimum Gasteiger partial charge on any atom is -0.224 e. The van der Waals surface area contributed by atoms with Gasteiger partial charge in [0, 0.05) is 11.4 Å². The van der Waals surface area contributed by atoms with Crippen molar-refractivity contribution < 1.29 is 0 Å². The zero-order valence-corrected chi connectivity index (χ0v) is 9.25. The molecule has 0 saturated carbocycles. The summed E-state index contributed by atoms with van der Waals surface area (Å²) in [6.45, 7) is 2.45. The monoisotopic (exact) mass is 218 g/mol. The maximum Gasteiger partial charge on any atom is 0.0949 e. The molecule has 0 amide bonds. The van der Waals surface area contributed by atoms with Gasteiger partial charge in [-0.1, -0.05) is 11.6 Å². The van der Waals surface area contributed by atoms with E-state index >= 15 is 0 Å². The summed E-state index contributed by atoms with van der Waals surface area (Å²) < 4.78 is 0. The van der Waals surface area contributed by atoms with Crippen LogP contribution < -0.4 is 0 Å². The lowest BCUT2D eigenvalue weighted by molar-refractivity contribution is 1.04. The lowest BCUT2D eigenvalue weighted by Crippen LogP contribution is -1.74. The molecule has 76 valence electrons. The van der Waals surface area contributed by atoms with Crippen LogP contribution in [0.25, 0.3) is 0 Å². The molecule has 0 heterocycles. The quantitative estimate of drug-likeness (QED) is 0.421. The number of rotatable bonds is 3. The molecule has 0 aromatic heterocycles. The van der Waals surface area contributed by atoms with Crippen molar-refractivity contribution in [2.45, 2.75) is 13.3 Å². The molecule has 0 radical (unpaired) electrons. The van der Waals surface area contributed by atoms with Gasteiger partial charge in [-0.25, -0.2) is 4.99 Å². The number of hydrogen-bond donors (Lipinski definition) is 0. The average Bonchev–Trinajstić information content (AvgIpc) is 2.26. The summed E-state index contributed by atoms with van der Waals surface area (Å²) in [6.07, 6.45) is 0.750. The molecule has 0 unspecified atom stereocenters. The van der Waals surface area contributed by atoms with Crippen LogP contribution in [-0.2, 0) is 0 Å². The van der Waals surface area contributed by atoms with Crippen LogP contribution in [0, 0.1) is 11.8 Å². The molecule has 0 atom stereocenters. The van der Waals surface area contributed by atoms with Gasteiger partial charge in [0.25, 0.3) is 0 Å². The summed E-state index contributed by atoms with van der Waals surface area (Å²) in [5.74, 6) is 5.71. The van der Waals surface area contributed by atoms with Gasteiger partial charge in [-0.2, -0.15) is 4.99 Å². The fraction of sp³-hybridized carbons (Fsp3) is 0.250. The van der Waals surface area contributed by atoms with Gasteiger partial charge in [-0.15, -0.1) is 11.8 Å². The molecule has 0 N–H and O–H groups in total. The van der Waals surface area contributed by atoms with Crippen molar-refractivity contribution in [3.05, 3.63) is 29.3 Å². The van der Waals surface area contributed by atoms with E-state index in [2.05, 4.69) is 27.8 Å². The predicted octanol–water partition coefficient (Wildman–Crippen LogP) is 3.56. The highest BCUT2D eigenvalue weighted by molar-refractivity contribution is 6.30. The number of halogens is 1. The number of hydrogen-bond acceptors (Lipinski definition) is 2. The molecular weight excluding hydrogens is 208 g/mol. The first-order valence-electron chi connectivity index (χ1n) is 4.60. The van der Waals surface area contributed by atoms with Crippen LogP contribution in [-0.4, -0.2) is 12.6 Å². The molecule has 2 nitrogen and oxygen atoms in total. The van der Waals surface area contributed by atoms with Crippen molar-refractivity contribution >= 4 is 23.3 Å². The standard InChI is InChI=1S/C12H11ClN2/c1-2-3-4-9-14-10-15-12-7-5-11(13)6-8-12/h5-8H,4,9H2,1H3. The van der Waals surface area contributed by atoms with Gasteiger partial charge in [0.1, 0.15) is 0 Å². The number of aliphatic imine (C=N–C) groups is 2. The molecule has 1 aromatic rings. The van der Waals surface area contributed by atoms with Crippen LogP contribution in [0.4, 0.5) is 5.69 Å². The normalized spacial score (nSPS) is 8.40. The van der Waals surface area contributed by atoms with Crippen LogP contribution in [0.15, 0.2) is 34.3 Å². The maximum absolute atomic E-state index is 5.73. The van der Waals surface area contributed by atoms with E-state index in [0.717, 1.165) is 12.1 Å². The van der Waals surface area contributed by atoms with Crippen molar-refractivity contribution in [1.82, 2.24) is 0 Å². The highest BCUT2D eigenvalue weighted by Gasteiger charge is 1.86. The van der Waals surface area contributed by atoms with E-state index in [9.17, 15) is 0 Å². The van der Waals surface area contributed by atoms with E-state index < -0.39 is 0 Å². The molecule has 0 spiro atoms. The Morgan fingerprint density at radius 2 is 2.00 bits per heavy atom. The second-order valence-corrected chi connectivity index (χ2v) is 3.18. The van der Waals surface area contributed by atoms with Crippen molar-refractivity contribution in [3.8, 4) is 11.8 Å². The molecule has 15 heavy (non-hydrogen) atoms. The summed E-state index contributed by atoms with van der Waals surface area (Å²) in [5, 5.41) is 0.698. The largest absolute Gasteiger partial charge is 0.224 e. The topological polar surface area (TPSA) is 24.7 Å². The molecule has 0 aliphatic rings. The zero-order chi connectivity index (χ0) is 10.9. The average molecular weight is 219 g/mol. The SMILES string of the molecule is CC#CCCN=C=Nc1ccc(Cl)cc1. The van der Waals surface area contributed by atoms with Crippen molar-refractivity contribution in [1.29, 1.82) is 0 Å². The molecule has 0 aliphatic heterocycles. The third kappa shape index (κ3) is 5.02. The Morgan fingerprint density at radius 3 is 2.67 bits per heavy atom.